The van der Waals surface area contributed by atoms with Crippen molar-refractivity contribution in [3.63, 3.8) is 0 Å². The van der Waals surface area contributed by atoms with Gasteiger partial charge in [0.25, 0.3) is 5.91 Å². The molecule has 4 nitrogen and oxygen atoms in total. The summed E-state index contributed by atoms with van der Waals surface area (Å²) in [5, 5.41) is 5.01. The first kappa shape index (κ1) is 15.5. The van der Waals surface area contributed by atoms with Gasteiger partial charge in [-0.2, -0.15) is 0 Å². The van der Waals surface area contributed by atoms with Crippen LogP contribution in [-0.2, 0) is 6.61 Å². The number of rotatable bonds is 5. The van der Waals surface area contributed by atoms with E-state index in [0.29, 0.717) is 27.9 Å². The molecule has 0 atom stereocenters. The van der Waals surface area contributed by atoms with Crippen molar-refractivity contribution in [1.82, 2.24) is 4.98 Å². The zero-order valence-corrected chi connectivity index (χ0v) is 13.6. The van der Waals surface area contributed by atoms with Crippen LogP contribution in [0.4, 0.5) is 5.69 Å². The summed E-state index contributed by atoms with van der Waals surface area (Å²) < 4.78 is 5.75. The summed E-state index contributed by atoms with van der Waals surface area (Å²) in [6.45, 7) is 0.408. The lowest BCUT2D eigenvalue weighted by Crippen LogP contribution is -2.12. The average Bonchev–Trinajstić information content (AvgIpc) is 3.05. The quantitative estimate of drug-likeness (QED) is 0.734. The normalized spacial score (nSPS) is 10.3. The van der Waals surface area contributed by atoms with Crippen molar-refractivity contribution >= 4 is 34.5 Å². The SMILES string of the molecule is O=C(Nc1cnccc1Cl)c1sccc1OCc1ccccc1. The number of thiophene rings is 1. The van der Waals surface area contributed by atoms with E-state index in [1.54, 1.807) is 18.3 Å². The number of carbonyl (C=O) groups excluding carboxylic acids is 1. The molecular formula is C17H13ClN2O2S. The first-order chi connectivity index (χ1) is 11.2. The zero-order valence-electron chi connectivity index (χ0n) is 12.0. The van der Waals surface area contributed by atoms with E-state index in [9.17, 15) is 4.79 Å². The van der Waals surface area contributed by atoms with Crippen LogP contribution >= 0.6 is 22.9 Å². The lowest BCUT2D eigenvalue weighted by molar-refractivity contribution is 0.102. The average molecular weight is 345 g/mol. The maximum atomic E-state index is 12.4. The van der Waals surface area contributed by atoms with Gasteiger partial charge in [0, 0.05) is 6.20 Å². The molecule has 0 fully saturated rings. The molecule has 0 spiro atoms. The lowest BCUT2D eigenvalue weighted by Gasteiger charge is -2.09. The first-order valence-corrected chi connectivity index (χ1v) is 8.15. The number of amides is 1. The molecular weight excluding hydrogens is 332 g/mol. The summed E-state index contributed by atoms with van der Waals surface area (Å²) in [4.78, 5) is 16.8. The second kappa shape index (κ2) is 7.26. The lowest BCUT2D eigenvalue weighted by atomic mass is 10.2. The number of nitrogens with zero attached hydrogens (tertiary/aromatic N) is 1. The molecule has 0 aliphatic heterocycles. The summed E-state index contributed by atoms with van der Waals surface area (Å²) >= 11 is 7.35. The Kier molecular flexibility index (Phi) is 4.90. The van der Waals surface area contributed by atoms with Gasteiger partial charge in [-0.15, -0.1) is 11.3 Å². The number of hydrogen-bond donors (Lipinski definition) is 1. The summed E-state index contributed by atoms with van der Waals surface area (Å²) in [7, 11) is 0. The van der Waals surface area contributed by atoms with Crippen molar-refractivity contribution < 1.29 is 9.53 Å². The fraction of sp³-hybridized carbons (Fsp3) is 0.0588. The van der Waals surface area contributed by atoms with Crippen LogP contribution in [0.5, 0.6) is 5.75 Å². The highest BCUT2D eigenvalue weighted by Crippen LogP contribution is 2.28. The predicted molar refractivity (Wildman–Crippen MR) is 92.3 cm³/mol. The van der Waals surface area contributed by atoms with Gasteiger partial charge in [-0.3, -0.25) is 9.78 Å². The van der Waals surface area contributed by atoms with Crippen LogP contribution < -0.4 is 10.1 Å². The summed E-state index contributed by atoms with van der Waals surface area (Å²) in [5.41, 5.74) is 1.52. The van der Waals surface area contributed by atoms with E-state index in [0.717, 1.165) is 5.56 Å². The second-order valence-electron chi connectivity index (χ2n) is 4.70. The fourth-order valence-electron chi connectivity index (χ4n) is 1.96. The molecule has 23 heavy (non-hydrogen) atoms. The van der Waals surface area contributed by atoms with Crippen molar-refractivity contribution in [1.29, 1.82) is 0 Å². The van der Waals surface area contributed by atoms with Gasteiger partial charge in [-0.25, -0.2) is 0 Å². The van der Waals surface area contributed by atoms with E-state index in [4.69, 9.17) is 16.3 Å². The fourth-order valence-corrected chi connectivity index (χ4v) is 2.84. The minimum atomic E-state index is -0.266. The van der Waals surface area contributed by atoms with Crippen LogP contribution in [0.15, 0.2) is 60.2 Å². The Morgan fingerprint density at radius 2 is 2.04 bits per heavy atom. The van der Waals surface area contributed by atoms with Crippen LogP contribution in [0.2, 0.25) is 5.02 Å². The Hall–Kier alpha value is -2.37. The van der Waals surface area contributed by atoms with Crippen LogP contribution in [-0.4, -0.2) is 10.9 Å². The molecule has 2 aromatic heterocycles. The van der Waals surface area contributed by atoms with Gasteiger partial charge in [0.15, 0.2) is 0 Å². The molecule has 0 aliphatic carbocycles. The first-order valence-electron chi connectivity index (χ1n) is 6.89. The Labute approximate surface area is 142 Å². The molecule has 3 rings (SSSR count). The Balaban J connectivity index is 1.70. The molecule has 116 valence electrons. The van der Waals surface area contributed by atoms with Crippen LogP contribution in [0.3, 0.4) is 0 Å². The molecule has 1 N–H and O–H groups in total. The number of pyridine rings is 1. The highest BCUT2D eigenvalue weighted by Gasteiger charge is 2.16. The molecule has 0 unspecified atom stereocenters. The smallest absolute Gasteiger partial charge is 0.269 e. The van der Waals surface area contributed by atoms with Crippen molar-refractivity contribution in [3.05, 3.63) is 75.7 Å². The molecule has 6 heteroatoms. The second-order valence-corrected chi connectivity index (χ2v) is 6.02. The van der Waals surface area contributed by atoms with Gasteiger partial charge in [-0.05, 0) is 23.1 Å². The van der Waals surface area contributed by atoms with Crippen LogP contribution in [0.25, 0.3) is 0 Å². The topological polar surface area (TPSA) is 51.2 Å². The molecule has 0 radical (unpaired) electrons. The van der Waals surface area contributed by atoms with Crippen molar-refractivity contribution in [2.75, 3.05) is 5.32 Å². The number of aromatic nitrogens is 1. The largest absolute Gasteiger partial charge is 0.487 e. The summed E-state index contributed by atoms with van der Waals surface area (Å²) in [6, 6.07) is 13.2. The highest BCUT2D eigenvalue weighted by atomic mass is 35.5. The summed E-state index contributed by atoms with van der Waals surface area (Å²) in [5.74, 6) is 0.286. The Morgan fingerprint density at radius 1 is 1.22 bits per heavy atom. The van der Waals surface area contributed by atoms with E-state index < -0.39 is 0 Å². The van der Waals surface area contributed by atoms with Crippen LogP contribution in [0, 0.1) is 0 Å². The maximum Gasteiger partial charge on any atom is 0.269 e. The number of halogens is 1. The van der Waals surface area contributed by atoms with Crippen molar-refractivity contribution in [3.8, 4) is 5.75 Å². The number of anilines is 1. The molecule has 0 saturated carbocycles. The maximum absolute atomic E-state index is 12.4. The number of carbonyl (C=O) groups is 1. The predicted octanol–water partition coefficient (Wildman–Crippen LogP) is 4.63. The Bertz CT molecular complexity index is 805. The third-order valence-electron chi connectivity index (χ3n) is 3.09. The van der Waals surface area contributed by atoms with Gasteiger partial charge in [0.1, 0.15) is 17.2 Å². The monoisotopic (exact) mass is 344 g/mol. The molecule has 2 heterocycles. The van der Waals surface area contributed by atoms with Crippen molar-refractivity contribution in [2.45, 2.75) is 6.61 Å². The zero-order chi connectivity index (χ0) is 16.1. The minimum absolute atomic E-state index is 0.266. The third kappa shape index (κ3) is 3.88. The standard InChI is InChI=1S/C17H13ClN2O2S/c18-13-6-8-19-10-14(13)20-17(21)16-15(7-9-23-16)22-11-12-4-2-1-3-5-12/h1-10H,11H2,(H,20,21). The number of nitrogens with one attached hydrogen (secondary N) is 1. The number of benzene rings is 1. The minimum Gasteiger partial charge on any atom is -0.487 e. The Morgan fingerprint density at radius 3 is 2.83 bits per heavy atom. The number of hydrogen-bond acceptors (Lipinski definition) is 4. The van der Waals surface area contributed by atoms with E-state index in [2.05, 4.69) is 10.3 Å². The molecule has 0 aliphatic rings. The van der Waals surface area contributed by atoms with Crippen LogP contribution in [0.1, 0.15) is 15.2 Å². The molecule has 0 saturated heterocycles. The third-order valence-corrected chi connectivity index (χ3v) is 4.31. The molecule has 1 amide bonds. The van der Waals surface area contributed by atoms with Gasteiger partial charge >= 0.3 is 0 Å². The van der Waals surface area contributed by atoms with Gasteiger partial charge < -0.3 is 10.1 Å². The van der Waals surface area contributed by atoms with Gasteiger partial charge in [-0.1, -0.05) is 41.9 Å². The van der Waals surface area contributed by atoms with Crippen molar-refractivity contribution in [2.24, 2.45) is 0 Å². The summed E-state index contributed by atoms with van der Waals surface area (Å²) in [6.07, 6.45) is 3.08. The van der Waals surface area contributed by atoms with E-state index in [1.807, 2.05) is 35.7 Å². The van der Waals surface area contributed by atoms with E-state index in [1.165, 1.54) is 17.5 Å². The molecule has 0 bridgehead atoms. The number of ether oxygens (including phenoxy) is 1. The highest BCUT2D eigenvalue weighted by molar-refractivity contribution is 7.12. The van der Waals surface area contributed by atoms with E-state index >= 15 is 0 Å². The van der Waals surface area contributed by atoms with Gasteiger partial charge in [0.05, 0.1) is 16.9 Å². The van der Waals surface area contributed by atoms with E-state index in [-0.39, 0.29) is 5.91 Å². The molecule has 1 aromatic carbocycles. The molecule has 3 aromatic rings. The van der Waals surface area contributed by atoms with Gasteiger partial charge in [0.2, 0.25) is 0 Å².